The SMILES string of the molecule is COC(=O)C1CCN(CC(C)(O)c2ccccc2)C1. The molecule has 0 radical (unpaired) electrons. The van der Waals surface area contributed by atoms with E-state index in [0.29, 0.717) is 13.1 Å². The first-order valence-corrected chi connectivity index (χ1v) is 6.61. The average Bonchev–Trinajstić information content (AvgIpc) is 2.86. The van der Waals surface area contributed by atoms with Gasteiger partial charge < -0.3 is 9.84 Å². The van der Waals surface area contributed by atoms with Crippen LogP contribution in [-0.4, -0.2) is 42.7 Å². The quantitative estimate of drug-likeness (QED) is 0.834. The van der Waals surface area contributed by atoms with Crippen molar-refractivity contribution >= 4 is 5.97 Å². The van der Waals surface area contributed by atoms with Gasteiger partial charge in [0.15, 0.2) is 0 Å². The van der Waals surface area contributed by atoms with Crippen molar-refractivity contribution in [2.45, 2.75) is 18.9 Å². The number of carbonyl (C=O) groups excluding carboxylic acids is 1. The maximum Gasteiger partial charge on any atom is 0.310 e. The predicted molar refractivity (Wildman–Crippen MR) is 72.6 cm³/mol. The smallest absolute Gasteiger partial charge is 0.310 e. The van der Waals surface area contributed by atoms with Gasteiger partial charge in [-0.25, -0.2) is 0 Å². The van der Waals surface area contributed by atoms with Crippen molar-refractivity contribution in [1.82, 2.24) is 4.90 Å². The first-order valence-electron chi connectivity index (χ1n) is 6.61. The zero-order chi connectivity index (χ0) is 13.9. The Bertz CT molecular complexity index is 430. The van der Waals surface area contributed by atoms with Crippen LogP contribution in [0, 0.1) is 5.92 Å². The van der Waals surface area contributed by atoms with Gasteiger partial charge in [0.1, 0.15) is 0 Å². The molecule has 4 heteroatoms. The van der Waals surface area contributed by atoms with Crippen molar-refractivity contribution < 1.29 is 14.6 Å². The van der Waals surface area contributed by atoms with Crippen LogP contribution in [0.1, 0.15) is 18.9 Å². The maximum absolute atomic E-state index is 11.5. The second-order valence-corrected chi connectivity index (χ2v) is 5.38. The van der Waals surface area contributed by atoms with E-state index in [0.717, 1.165) is 18.5 Å². The van der Waals surface area contributed by atoms with E-state index in [1.807, 2.05) is 37.3 Å². The van der Waals surface area contributed by atoms with Gasteiger partial charge in [-0.1, -0.05) is 30.3 Å². The molecular weight excluding hydrogens is 242 g/mol. The van der Waals surface area contributed by atoms with Crippen molar-refractivity contribution in [1.29, 1.82) is 0 Å². The zero-order valence-corrected chi connectivity index (χ0v) is 11.5. The minimum Gasteiger partial charge on any atom is -0.469 e. The molecule has 1 aromatic rings. The van der Waals surface area contributed by atoms with Gasteiger partial charge in [-0.05, 0) is 25.5 Å². The van der Waals surface area contributed by atoms with Gasteiger partial charge in [0, 0.05) is 13.1 Å². The Kier molecular flexibility index (Phi) is 4.22. The minimum absolute atomic E-state index is 0.0587. The van der Waals surface area contributed by atoms with Gasteiger partial charge in [0.25, 0.3) is 0 Å². The molecule has 1 aromatic carbocycles. The van der Waals surface area contributed by atoms with Crippen LogP contribution in [-0.2, 0) is 15.1 Å². The number of nitrogens with zero attached hydrogens (tertiary/aromatic N) is 1. The van der Waals surface area contributed by atoms with E-state index in [1.165, 1.54) is 7.11 Å². The van der Waals surface area contributed by atoms with E-state index in [4.69, 9.17) is 4.74 Å². The number of methoxy groups -OCH3 is 1. The van der Waals surface area contributed by atoms with Crippen LogP contribution in [0.5, 0.6) is 0 Å². The minimum atomic E-state index is -0.897. The number of carbonyl (C=O) groups is 1. The molecule has 1 aliphatic heterocycles. The number of β-amino-alcohol motifs (C(OH)–C–C–N with tert-alkyl or cyclic N) is 1. The number of aliphatic hydroxyl groups is 1. The van der Waals surface area contributed by atoms with Crippen molar-refractivity contribution in [3.63, 3.8) is 0 Å². The highest BCUT2D eigenvalue weighted by atomic mass is 16.5. The molecule has 0 amide bonds. The van der Waals surface area contributed by atoms with Crippen LogP contribution >= 0.6 is 0 Å². The van der Waals surface area contributed by atoms with Crippen LogP contribution in [0.15, 0.2) is 30.3 Å². The third-order valence-electron chi connectivity index (χ3n) is 3.73. The van der Waals surface area contributed by atoms with E-state index in [-0.39, 0.29) is 11.9 Å². The van der Waals surface area contributed by atoms with Crippen molar-refractivity contribution in [3.05, 3.63) is 35.9 Å². The molecule has 2 atom stereocenters. The monoisotopic (exact) mass is 263 g/mol. The molecule has 2 unspecified atom stereocenters. The van der Waals surface area contributed by atoms with Gasteiger partial charge >= 0.3 is 5.97 Å². The molecule has 0 aromatic heterocycles. The van der Waals surface area contributed by atoms with Crippen LogP contribution < -0.4 is 0 Å². The normalized spacial score (nSPS) is 23.0. The number of likely N-dealkylation sites (tertiary alicyclic amines) is 1. The van der Waals surface area contributed by atoms with Crippen LogP contribution in [0.3, 0.4) is 0 Å². The van der Waals surface area contributed by atoms with E-state index in [9.17, 15) is 9.90 Å². The average molecular weight is 263 g/mol. The molecule has 1 fully saturated rings. The van der Waals surface area contributed by atoms with Crippen molar-refractivity contribution in [3.8, 4) is 0 Å². The highest BCUT2D eigenvalue weighted by Gasteiger charge is 2.33. The fourth-order valence-corrected chi connectivity index (χ4v) is 2.66. The molecule has 1 heterocycles. The number of hydrogen-bond donors (Lipinski definition) is 1. The molecule has 2 rings (SSSR count). The van der Waals surface area contributed by atoms with E-state index >= 15 is 0 Å². The van der Waals surface area contributed by atoms with E-state index in [1.54, 1.807) is 0 Å². The maximum atomic E-state index is 11.5. The summed E-state index contributed by atoms with van der Waals surface area (Å²) in [6, 6.07) is 9.63. The third-order valence-corrected chi connectivity index (χ3v) is 3.73. The Balaban J connectivity index is 1.97. The highest BCUT2D eigenvalue weighted by molar-refractivity contribution is 5.72. The molecule has 1 saturated heterocycles. The molecular formula is C15H21NO3. The summed E-state index contributed by atoms with van der Waals surface area (Å²) in [7, 11) is 1.42. The van der Waals surface area contributed by atoms with Gasteiger partial charge in [-0.2, -0.15) is 0 Å². The Labute approximate surface area is 114 Å². The number of hydrogen-bond acceptors (Lipinski definition) is 4. The summed E-state index contributed by atoms with van der Waals surface area (Å²) in [6.07, 6.45) is 0.803. The van der Waals surface area contributed by atoms with Gasteiger partial charge in [-0.15, -0.1) is 0 Å². The van der Waals surface area contributed by atoms with Gasteiger partial charge in [0.2, 0.25) is 0 Å². The summed E-state index contributed by atoms with van der Waals surface area (Å²) >= 11 is 0. The summed E-state index contributed by atoms with van der Waals surface area (Å²) in [4.78, 5) is 13.6. The first-order chi connectivity index (χ1) is 9.03. The fourth-order valence-electron chi connectivity index (χ4n) is 2.66. The van der Waals surface area contributed by atoms with Crippen molar-refractivity contribution in [2.24, 2.45) is 5.92 Å². The van der Waals surface area contributed by atoms with Crippen molar-refractivity contribution in [2.75, 3.05) is 26.7 Å². The standard InChI is InChI=1S/C15H21NO3/c1-15(18,13-6-4-3-5-7-13)11-16-9-8-12(10-16)14(17)19-2/h3-7,12,18H,8-11H2,1-2H3. The van der Waals surface area contributed by atoms with Crippen LogP contribution in [0.4, 0.5) is 0 Å². The lowest BCUT2D eigenvalue weighted by molar-refractivity contribution is -0.145. The Morgan fingerprint density at radius 1 is 1.47 bits per heavy atom. The number of rotatable bonds is 4. The lowest BCUT2D eigenvalue weighted by Crippen LogP contribution is -2.38. The van der Waals surface area contributed by atoms with Crippen LogP contribution in [0.25, 0.3) is 0 Å². The summed E-state index contributed by atoms with van der Waals surface area (Å²) in [5.74, 6) is -0.210. The second-order valence-electron chi connectivity index (χ2n) is 5.38. The molecule has 0 saturated carbocycles. The lowest BCUT2D eigenvalue weighted by atomic mass is 9.95. The topological polar surface area (TPSA) is 49.8 Å². The zero-order valence-electron chi connectivity index (χ0n) is 11.5. The van der Waals surface area contributed by atoms with Gasteiger partial charge in [-0.3, -0.25) is 9.69 Å². The summed E-state index contributed by atoms with van der Waals surface area (Å²) < 4.78 is 4.77. The Hall–Kier alpha value is -1.39. The molecule has 19 heavy (non-hydrogen) atoms. The first kappa shape index (κ1) is 14.0. The highest BCUT2D eigenvalue weighted by Crippen LogP contribution is 2.25. The second kappa shape index (κ2) is 5.72. The Morgan fingerprint density at radius 2 is 2.16 bits per heavy atom. The summed E-state index contributed by atoms with van der Waals surface area (Å²) in [5, 5.41) is 10.6. The van der Waals surface area contributed by atoms with E-state index in [2.05, 4.69) is 4.90 Å². The lowest BCUT2D eigenvalue weighted by Gasteiger charge is -2.29. The molecule has 0 spiro atoms. The number of esters is 1. The molecule has 1 aliphatic rings. The molecule has 1 N–H and O–H groups in total. The van der Waals surface area contributed by atoms with E-state index < -0.39 is 5.60 Å². The molecule has 4 nitrogen and oxygen atoms in total. The summed E-state index contributed by atoms with van der Waals surface area (Å²) in [5.41, 5.74) is 0.00300. The summed E-state index contributed by atoms with van der Waals surface area (Å²) in [6.45, 7) is 3.83. The largest absolute Gasteiger partial charge is 0.469 e. The third kappa shape index (κ3) is 3.33. The molecule has 0 bridgehead atoms. The number of benzene rings is 1. The van der Waals surface area contributed by atoms with Gasteiger partial charge in [0.05, 0.1) is 18.6 Å². The Morgan fingerprint density at radius 3 is 2.79 bits per heavy atom. The number of ether oxygens (including phenoxy) is 1. The molecule has 0 aliphatic carbocycles. The fraction of sp³-hybridized carbons (Fsp3) is 0.533. The molecule has 104 valence electrons. The van der Waals surface area contributed by atoms with Crippen LogP contribution in [0.2, 0.25) is 0 Å². The predicted octanol–water partition coefficient (Wildman–Crippen LogP) is 1.39.